The number of halogens is 2. The summed E-state index contributed by atoms with van der Waals surface area (Å²) in [5.74, 6) is -0.722. The van der Waals surface area contributed by atoms with Crippen LogP contribution in [0.2, 0.25) is 0 Å². The predicted octanol–water partition coefficient (Wildman–Crippen LogP) is 4.44. The molecule has 2 aromatic carbocycles. The molecule has 1 unspecified atom stereocenters. The molecule has 5 nitrogen and oxygen atoms in total. The number of benzene rings is 2. The summed E-state index contributed by atoms with van der Waals surface area (Å²) in [5, 5.41) is 2.79. The van der Waals surface area contributed by atoms with Gasteiger partial charge in [0.25, 0.3) is 0 Å². The van der Waals surface area contributed by atoms with Crippen LogP contribution in [0.4, 0.5) is 8.78 Å². The molecule has 0 aliphatic rings. The molecule has 0 fully saturated rings. The highest BCUT2D eigenvalue weighted by atomic mass is 19.1. The van der Waals surface area contributed by atoms with Gasteiger partial charge in [0.2, 0.25) is 5.91 Å². The van der Waals surface area contributed by atoms with E-state index in [9.17, 15) is 13.6 Å². The number of carbonyl (C=O) groups is 1. The van der Waals surface area contributed by atoms with Crippen molar-refractivity contribution < 1.29 is 18.3 Å². The Hall–Kier alpha value is -3.61. The first-order chi connectivity index (χ1) is 13.5. The minimum Gasteiger partial charge on any atom is -0.454 e. The maximum Gasteiger partial charge on any atom is 0.244 e. The topological polar surface area (TPSA) is 64.1 Å². The summed E-state index contributed by atoms with van der Waals surface area (Å²) >= 11 is 0. The number of amides is 1. The van der Waals surface area contributed by atoms with E-state index in [0.29, 0.717) is 11.5 Å². The maximum absolute atomic E-state index is 13.6. The third kappa shape index (κ3) is 5.20. The fourth-order valence-corrected chi connectivity index (χ4v) is 2.47. The summed E-state index contributed by atoms with van der Waals surface area (Å²) in [4.78, 5) is 19.9. The molecule has 0 radical (unpaired) electrons. The highest BCUT2D eigenvalue weighted by Gasteiger charge is 2.09. The molecule has 0 bridgehead atoms. The Balaban J connectivity index is 1.63. The number of hydrogen-bond acceptors (Lipinski definition) is 4. The summed E-state index contributed by atoms with van der Waals surface area (Å²) < 4.78 is 32.2. The average Bonchev–Trinajstić information content (AvgIpc) is 2.68. The second-order valence-corrected chi connectivity index (χ2v) is 5.98. The molecule has 1 heterocycles. The maximum atomic E-state index is 13.6. The molecule has 0 saturated carbocycles. The molecular formula is C21H17F2N3O2. The van der Waals surface area contributed by atoms with Crippen molar-refractivity contribution in [2.75, 3.05) is 0 Å². The van der Waals surface area contributed by atoms with Crippen LogP contribution in [0, 0.1) is 11.6 Å². The van der Waals surface area contributed by atoms with E-state index in [-0.39, 0.29) is 11.6 Å². The number of aromatic nitrogens is 2. The van der Waals surface area contributed by atoms with Gasteiger partial charge in [0.05, 0.1) is 18.4 Å². The summed E-state index contributed by atoms with van der Waals surface area (Å²) in [6.45, 7) is 1.81. The fraction of sp³-hybridized carbons (Fsp3) is 0.0952. The van der Waals surface area contributed by atoms with Crippen molar-refractivity contribution in [2.45, 2.75) is 13.0 Å². The molecule has 1 N–H and O–H groups in total. The van der Waals surface area contributed by atoms with E-state index in [4.69, 9.17) is 4.74 Å². The Labute approximate surface area is 160 Å². The monoisotopic (exact) mass is 381 g/mol. The SMILES string of the molecule is CC(NC(=O)/C=C/c1ccc(F)cc1F)c1cccc(Oc2cncnc2)c1. The zero-order valence-corrected chi connectivity index (χ0v) is 15.0. The predicted molar refractivity (Wildman–Crippen MR) is 100 cm³/mol. The zero-order chi connectivity index (χ0) is 19.9. The van der Waals surface area contributed by atoms with Crippen molar-refractivity contribution in [2.24, 2.45) is 0 Å². The summed E-state index contributed by atoms with van der Waals surface area (Å²) in [6, 6.07) is 10.1. The van der Waals surface area contributed by atoms with Crippen LogP contribution in [-0.2, 0) is 4.79 Å². The first-order valence-corrected chi connectivity index (χ1v) is 8.48. The molecule has 0 spiro atoms. The van der Waals surface area contributed by atoms with Crippen LogP contribution in [0.25, 0.3) is 6.08 Å². The van der Waals surface area contributed by atoms with Gasteiger partial charge in [0.1, 0.15) is 23.7 Å². The van der Waals surface area contributed by atoms with Crippen LogP contribution < -0.4 is 10.1 Å². The second kappa shape index (κ2) is 8.85. The van der Waals surface area contributed by atoms with Crippen molar-refractivity contribution in [3.05, 3.63) is 90.0 Å². The minimum absolute atomic E-state index is 0.129. The van der Waals surface area contributed by atoms with Gasteiger partial charge < -0.3 is 10.1 Å². The van der Waals surface area contributed by atoms with Gasteiger partial charge >= 0.3 is 0 Å². The summed E-state index contributed by atoms with van der Waals surface area (Å²) in [7, 11) is 0. The Morgan fingerprint density at radius 1 is 1.11 bits per heavy atom. The number of nitrogens with zero attached hydrogens (tertiary/aromatic N) is 2. The second-order valence-electron chi connectivity index (χ2n) is 5.98. The molecule has 3 aromatic rings. The van der Waals surface area contributed by atoms with Crippen LogP contribution in [0.1, 0.15) is 24.1 Å². The molecule has 0 saturated heterocycles. The van der Waals surface area contributed by atoms with E-state index in [2.05, 4.69) is 15.3 Å². The van der Waals surface area contributed by atoms with E-state index < -0.39 is 17.5 Å². The van der Waals surface area contributed by atoms with Crippen molar-refractivity contribution in [3.8, 4) is 11.5 Å². The van der Waals surface area contributed by atoms with Gasteiger partial charge in [-0.1, -0.05) is 12.1 Å². The fourth-order valence-electron chi connectivity index (χ4n) is 2.47. The summed E-state index contributed by atoms with van der Waals surface area (Å²) in [5.41, 5.74) is 0.953. The third-order valence-corrected chi connectivity index (χ3v) is 3.87. The summed E-state index contributed by atoms with van der Waals surface area (Å²) in [6.07, 6.45) is 7.00. The lowest BCUT2D eigenvalue weighted by Gasteiger charge is -2.14. The lowest BCUT2D eigenvalue weighted by Crippen LogP contribution is -2.24. The number of nitrogens with one attached hydrogen (secondary N) is 1. The minimum atomic E-state index is -0.730. The molecule has 1 amide bonds. The lowest BCUT2D eigenvalue weighted by atomic mass is 10.1. The van der Waals surface area contributed by atoms with E-state index >= 15 is 0 Å². The van der Waals surface area contributed by atoms with Gasteiger partial charge in [-0.2, -0.15) is 0 Å². The normalized spacial score (nSPS) is 12.0. The van der Waals surface area contributed by atoms with Gasteiger partial charge in [-0.3, -0.25) is 4.79 Å². The molecule has 7 heteroatoms. The van der Waals surface area contributed by atoms with E-state index in [1.807, 2.05) is 13.0 Å². The Kier molecular flexibility index (Phi) is 6.06. The van der Waals surface area contributed by atoms with Crippen molar-refractivity contribution >= 4 is 12.0 Å². The van der Waals surface area contributed by atoms with Gasteiger partial charge in [-0.15, -0.1) is 0 Å². The molecule has 1 atom stereocenters. The van der Waals surface area contributed by atoms with E-state index in [0.717, 1.165) is 17.7 Å². The molecule has 0 aliphatic heterocycles. The molecule has 28 heavy (non-hydrogen) atoms. The highest BCUT2D eigenvalue weighted by Crippen LogP contribution is 2.23. The Bertz CT molecular complexity index is 994. The number of hydrogen-bond donors (Lipinski definition) is 1. The van der Waals surface area contributed by atoms with E-state index in [1.54, 1.807) is 30.6 Å². The lowest BCUT2D eigenvalue weighted by molar-refractivity contribution is -0.117. The van der Waals surface area contributed by atoms with Crippen molar-refractivity contribution in [3.63, 3.8) is 0 Å². The smallest absolute Gasteiger partial charge is 0.244 e. The molecule has 142 valence electrons. The van der Waals surface area contributed by atoms with Crippen LogP contribution in [0.15, 0.2) is 67.3 Å². The Morgan fingerprint density at radius 3 is 2.64 bits per heavy atom. The van der Waals surface area contributed by atoms with Crippen molar-refractivity contribution in [1.29, 1.82) is 0 Å². The number of rotatable bonds is 6. The van der Waals surface area contributed by atoms with Crippen LogP contribution in [-0.4, -0.2) is 15.9 Å². The highest BCUT2D eigenvalue weighted by molar-refractivity contribution is 5.92. The first kappa shape index (κ1) is 19.2. The quantitative estimate of drug-likeness (QED) is 0.641. The van der Waals surface area contributed by atoms with Gasteiger partial charge in [0, 0.05) is 17.7 Å². The molecule has 3 rings (SSSR count). The number of ether oxygens (including phenoxy) is 1. The standard InChI is InChI=1S/C21H17F2N3O2/c1-14(26-21(27)8-6-15-5-7-17(22)10-20(15)23)16-3-2-4-18(9-16)28-19-11-24-13-25-12-19/h2-14H,1H3,(H,26,27)/b8-6+. The third-order valence-electron chi connectivity index (χ3n) is 3.87. The van der Waals surface area contributed by atoms with Gasteiger partial charge in [-0.05, 0) is 42.8 Å². The van der Waals surface area contributed by atoms with E-state index in [1.165, 1.54) is 24.5 Å². The van der Waals surface area contributed by atoms with Crippen LogP contribution in [0.3, 0.4) is 0 Å². The largest absolute Gasteiger partial charge is 0.454 e. The average molecular weight is 381 g/mol. The first-order valence-electron chi connectivity index (χ1n) is 8.48. The van der Waals surface area contributed by atoms with Crippen molar-refractivity contribution in [1.82, 2.24) is 15.3 Å². The zero-order valence-electron chi connectivity index (χ0n) is 15.0. The molecule has 0 aliphatic carbocycles. The van der Waals surface area contributed by atoms with Crippen LogP contribution in [0.5, 0.6) is 11.5 Å². The van der Waals surface area contributed by atoms with Gasteiger partial charge in [-0.25, -0.2) is 18.7 Å². The molecule has 1 aromatic heterocycles. The van der Waals surface area contributed by atoms with Gasteiger partial charge in [0.15, 0.2) is 5.75 Å². The Morgan fingerprint density at radius 2 is 1.89 bits per heavy atom. The van der Waals surface area contributed by atoms with Crippen LogP contribution >= 0.6 is 0 Å². The molecular weight excluding hydrogens is 364 g/mol. The number of carbonyl (C=O) groups excluding carboxylic acids is 1.